The molecule has 0 aliphatic rings. The van der Waals surface area contributed by atoms with E-state index in [2.05, 4.69) is 0 Å². The summed E-state index contributed by atoms with van der Waals surface area (Å²) in [6.45, 7) is 3.04. The predicted octanol–water partition coefficient (Wildman–Crippen LogP) is 1.53. The van der Waals surface area contributed by atoms with Gasteiger partial charge in [0, 0.05) is 13.1 Å². The van der Waals surface area contributed by atoms with Crippen LogP contribution in [0.2, 0.25) is 0 Å². The fourth-order valence-electron chi connectivity index (χ4n) is 1.70. The van der Waals surface area contributed by atoms with Crippen molar-refractivity contribution in [1.29, 1.82) is 0 Å². The van der Waals surface area contributed by atoms with Crippen molar-refractivity contribution in [2.75, 3.05) is 19.7 Å². The number of carboxylic acids is 1. The normalized spacial score (nSPS) is 10.4. The van der Waals surface area contributed by atoms with Crippen molar-refractivity contribution in [3.8, 4) is 0 Å². The lowest BCUT2D eigenvalue weighted by Crippen LogP contribution is -2.32. The van der Waals surface area contributed by atoms with Gasteiger partial charge in [0.25, 0.3) is 0 Å². The summed E-state index contributed by atoms with van der Waals surface area (Å²) in [4.78, 5) is 23.9. The van der Waals surface area contributed by atoms with E-state index >= 15 is 0 Å². The van der Waals surface area contributed by atoms with Gasteiger partial charge in [-0.2, -0.15) is 0 Å². The monoisotopic (exact) mass is 265 g/mol. The second-order valence-corrected chi connectivity index (χ2v) is 4.15. The summed E-state index contributed by atoms with van der Waals surface area (Å²) in [7, 11) is 0. The van der Waals surface area contributed by atoms with Crippen LogP contribution < -0.4 is 0 Å². The Morgan fingerprint density at radius 1 is 1.26 bits per heavy atom. The van der Waals surface area contributed by atoms with Crippen LogP contribution in [0.15, 0.2) is 30.3 Å². The summed E-state index contributed by atoms with van der Waals surface area (Å²) in [5, 5.41) is 8.72. The maximum atomic E-state index is 11.5. The van der Waals surface area contributed by atoms with Crippen LogP contribution >= 0.6 is 0 Å². The molecule has 0 radical (unpaired) electrons. The van der Waals surface area contributed by atoms with Gasteiger partial charge in [-0.15, -0.1) is 0 Å². The quantitative estimate of drug-likeness (QED) is 0.722. The zero-order chi connectivity index (χ0) is 14.1. The number of aliphatic carboxylic acids is 1. The van der Waals surface area contributed by atoms with Crippen LogP contribution in [0.4, 0.5) is 0 Å². The maximum Gasteiger partial charge on any atom is 0.320 e. The van der Waals surface area contributed by atoms with Crippen LogP contribution in [-0.2, 0) is 20.9 Å². The molecule has 0 aliphatic heterocycles. The summed E-state index contributed by atoms with van der Waals surface area (Å²) in [6, 6.07) is 9.62. The first kappa shape index (κ1) is 15.2. The summed E-state index contributed by atoms with van der Waals surface area (Å²) >= 11 is 0. The molecule has 0 saturated carbocycles. The fourth-order valence-corrected chi connectivity index (χ4v) is 1.70. The molecular formula is C14H19NO4. The molecule has 0 aromatic heterocycles. The number of esters is 1. The lowest BCUT2D eigenvalue weighted by molar-refractivity contribution is -0.145. The molecule has 104 valence electrons. The van der Waals surface area contributed by atoms with Crippen LogP contribution in [0, 0.1) is 0 Å². The highest BCUT2D eigenvalue weighted by atomic mass is 16.5. The lowest BCUT2D eigenvalue weighted by Gasteiger charge is -2.20. The van der Waals surface area contributed by atoms with Gasteiger partial charge in [0.15, 0.2) is 0 Å². The molecule has 1 aromatic carbocycles. The molecule has 0 unspecified atom stereocenters. The van der Waals surface area contributed by atoms with Gasteiger partial charge in [0.2, 0.25) is 0 Å². The fraction of sp³-hybridized carbons (Fsp3) is 0.429. The highest BCUT2D eigenvalue weighted by Crippen LogP contribution is 2.05. The number of rotatable bonds is 8. The van der Waals surface area contributed by atoms with Crippen molar-refractivity contribution < 1.29 is 19.4 Å². The molecule has 5 nitrogen and oxygen atoms in total. The van der Waals surface area contributed by atoms with Crippen LogP contribution in [0.25, 0.3) is 0 Å². The minimum absolute atomic E-state index is 0.00619. The van der Waals surface area contributed by atoms with Gasteiger partial charge in [-0.1, -0.05) is 30.3 Å². The molecule has 0 saturated heterocycles. The van der Waals surface area contributed by atoms with E-state index in [-0.39, 0.29) is 18.9 Å². The Balaban J connectivity index is 2.58. The molecule has 0 heterocycles. The zero-order valence-electron chi connectivity index (χ0n) is 11.0. The Morgan fingerprint density at radius 3 is 2.53 bits per heavy atom. The standard InChI is InChI=1S/C14H19NO4/c1-2-19-14(18)11-15(9-8-13(16)17)10-12-6-4-3-5-7-12/h3-7H,2,8-11H2,1H3,(H,16,17). The van der Waals surface area contributed by atoms with Crippen LogP contribution in [0.1, 0.15) is 18.9 Å². The molecule has 0 atom stereocenters. The van der Waals surface area contributed by atoms with Gasteiger partial charge < -0.3 is 9.84 Å². The minimum Gasteiger partial charge on any atom is -0.481 e. The second-order valence-electron chi connectivity index (χ2n) is 4.15. The molecule has 0 spiro atoms. The summed E-state index contributed by atoms with van der Waals surface area (Å²) in [5.74, 6) is -1.20. The smallest absolute Gasteiger partial charge is 0.320 e. The minimum atomic E-state index is -0.873. The summed E-state index contributed by atoms with van der Waals surface area (Å²) < 4.78 is 4.89. The van der Waals surface area contributed by atoms with Crippen LogP contribution in [0.5, 0.6) is 0 Å². The highest BCUT2D eigenvalue weighted by molar-refractivity contribution is 5.72. The lowest BCUT2D eigenvalue weighted by atomic mass is 10.2. The third-order valence-corrected chi connectivity index (χ3v) is 2.55. The Bertz CT molecular complexity index is 405. The van der Waals surface area contributed by atoms with Crippen molar-refractivity contribution in [1.82, 2.24) is 4.90 Å². The third kappa shape index (κ3) is 6.57. The number of hydrogen-bond acceptors (Lipinski definition) is 4. The molecule has 0 aliphatic carbocycles. The van der Waals surface area contributed by atoms with Gasteiger partial charge in [-0.3, -0.25) is 14.5 Å². The first-order valence-corrected chi connectivity index (χ1v) is 6.25. The first-order chi connectivity index (χ1) is 9.11. The van der Waals surface area contributed by atoms with Gasteiger partial charge in [0.05, 0.1) is 19.6 Å². The SMILES string of the molecule is CCOC(=O)CN(CCC(=O)O)Cc1ccccc1. The topological polar surface area (TPSA) is 66.8 Å². The van der Waals surface area contributed by atoms with E-state index in [1.807, 2.05) is 30.3 Å². The first-order valence-electron chi connectivity index (χ1n) is 6.25. The Hall–Kier alpha value is -1.88. The maximum absolute atomic E-state index is 11.5. The van der Waals surface area contributed by atoms with E-state index < -0.39 is 5.97 Å². The largest absolute Gasteiger partial charge is 0.481 e. The number of carbonyl (C=O) groups excluding carboxylic acids is 1. The third-order valence-electron chi connectivity index (χ3n) is 2.55. The number of carboxylic acid groups (broad SMARTS) is 1. The average molecular weight is 265 g/mol. The van der Waals surface area contributed by atoms with E-state index in [0.29, 0.717) is 19.7 Å². The average Bonchev–Trinajstić information content (AvgIpc) is 2.37. The molecule has 0 amide bonds. The van der Waals surface area contributed by atoms with E-state index in [4.69, 9.17) is 9.84 Å². The molecule has 1 aromatic rings. The van der Waals surface area contributed by atoms with Crippen molar-refractivity contribution >= 4 is 11.9 Å². The molecule has 0 bridgehead atoms. The van der Waals surface area contributed by atoms with Crippen molar-refractivity contribution in [2.24, 2.45) is 0 Å². The molecule has 1 rings (SSSR count). The Labute approximate surface area is 112 Å². The van der Waals surface area contributed by atoms with E-state index in [1.54, 1.807) is 11.8 Å². The number of benzene rings is 1. The van der Waals surface area contributed by atoms with Gasteiger partial charge in [-0.25, -0.2) is 0 Å². The van der Waals surface area contributed by atoms with Crippen LogP contribution in [0.3, 0.4) is 0 Å². The van der Waals surface area contributed by atoms with E-state index in [0.717, 1.165) is 5.56 Å². The zero-order valence-corrected chi connectivity index (χ0v) is 11.0. The van der Waals surface area contributed by atoms with Gasteiger partial charge in [-0.05, 0) is 12.5 Å². The van der Waals surface area contributed by atoms with Crippen molar-refractivity contribution in [3.05, 3.63) is 35.9 Å². The summed E-state index contributed by atoms with van der Waals surface area (Å²) in [5.41, 5.74) is 1.04. The molecule has 1 N–H and O–H groups in total. The van der Waals surface area contributed by atoms with Crippen LogP contribution in [-0.4, -0.2) is 41.6 Å². The molecule has 5 heteroatoms. The highest BCUT2D eigenvalue weighted by Gasteiger charge is 2.13. The Morgan fingerprint density at radius 2 is 1.95 bits per heavy atom. The second kappa shape index (κ2) is 8.26. The predicted molar refractivity (Wildman–Crippen MR) is 70.6 cm³/mol. The number of carbonyl (C=O) groups is 2. The van der Waals surface area contributed by atoms with Gasteiger partial charge >= 0.3 is 11.9 Å². The molecule has 0 fully saturated rings. The van der Waals surface area contributed by atoms with Gasteiger partial charge in [0.1, 0.15) is 0 Å². The molecular weight excluding hydrogens is 246 g/mol. The van der Waals surface area contributed by atoms with E-state index in [9.17, 15) is 9.59 Å². The number of hydrogen-bond donors (Lipinski definition) is 1. The summed E-state index contributed by atoms with van der Waals surface area (Å²) in [6.07, 6.45) is 0.00619. The van der Waals surface area contributed by atoms with Crippen molar-refractivity contribution in [2.45, 2.75) is 19.9 Å². The number of nitrogens with zero attached hydrogens (tertiary/aromatic N) is 1. The number of ether oxygens (including phenoxy) is 1. The molecule has 19 heavy (non-hydrogen) atoms. The Kier molecular flexibility index (Phi) is 6.60. The van der Waals surface area contributed by atoms with E-state index in [1.165, 1.54) is 0 Å². The van der Waals surface area contributed by atoms with Crippen molar-refractivity contribution in [3.63, 3.8) is 0 Å².